The Balaban J connectivity index is 4.29. The molecule has 0 amide bonds. The highest BCUT2D eigenvalue weighted by molar-refractivity contribution is 5.71. The van der Waals surface area contributed by atoms with E-state index in [1.54, 1.807) is 0 Å². The third kappa shape index (κ3) is 41.6. The fourth-order valence-corrected chi connectivity index (χ4v) is 7.16. The Morgan fingerprint density at radius 3 is 0.907 bits per heavy atom. The molecule has 0 saturated heterocycles. The number of unbranched alkanes of at least 4 members (excludes halogenated alkanes) is 30. The number of esters is 3. The Bertz CT molecular complexity index is 811. The van der Waals surface area contributed by atoms with Crippen LogP contribution in [0.5, 0.6) is 0 Å². The van der Waals surface area contributed by atoms with Crippen LogP contribution in [0.4, 0.5) is 0 Å². The second kappa shape index (κ2) is 42.6. The Morgan fingerprint density at radius 1 is 0.352 bits per heavy atom. The monoisotopic (exact) mass is 765 g/mol. The van der Waals surface area contributed by atoms with Gasteiger partial charge in [0.2, 0.25) is 0 Å². The summed E-state index contributed by atoms with van der Waals surface area (Å²) in [7, 11) is 0. The minimum Gasteiger partial charge on any atom is -0.462 e. The van der Waals surface area contributed by atoms with E-state index in [0.717, 1.165) is 63.7 Å². The van der Waals surface area contributed by atoms with Crippen LogP contribution in [0.25, 0.3) is 0 Å². The fraction of sp³-hybridized carbons (Fsp3) is 0.938. The van der Waals surface area contributed by atoms with Crippen molar-refractivity contribution in [2.24, 2.45) is 5.92 Å². The van der Waals surface area contributed by atoms with Crippen molar-refractivity contribution in [2.75, 3.05) is 13.2 Å². The Hall–Kier alpha value is -1.59. The zero-order valence-corrected chi connectivity index (χ0v) is 36.7. The lowest BCUT2D eigenvalue weighted by Crippen LogP contribution is -2.30. The first-order chi connectivity index (χ1) is 26.4. The number of ether oxygens (including phenoxy) is 3. The largest absolute Gasteiger partial charge is 0.462 e. The maximum absolute atomic E-state index is 12.7. The van der Waals surface area contributed by atoms with Crippen LogP contribution in [-0.4, -0.2) is 37.2 Å². The van der Waals surface area contributed by atoms with E-state index in [9.17, 15) is 14.4 Å². The predicted octanol–water partition coefficient (Wildman–Crippen LogP) is 15.1. The lowest BCUT2D eigenvalue weighted by molar-refractivity contribution is -0.167. The van der Waals surface area contributed by atoms with Crippen LogP contribution in [0.1, 0.15) is 265 Å². The van der Waals surface area contributed by atoms with Crippen LogP contribution < -0.4 is 0 Å². The molecule has 0 saturated carbocycles. The van der Waals surface area contributed by atoms with E-state index in [0.29, 0.717) is 19.3 Å². The molecule has 0 unspecified atom stereocenters. The average Bonchev–Trinajstić information content (AvgIpc) is 3.15. The Morgan fingerprint density at radius 2 is 0.611 bits per heavy atom. The molecule has 0 radical (unpaired) electrons. The van der Waals surface area contributed by atoms with Gasteiger partial charge in [-0.25, -0.2) is 0 Å². The van der Waals surface area contributed by atoms with Crippen LogP contribution in [0, 0.1) is 5.92 Å². The molecule has 0 aromatic carbocycles. The van der Waals surface area contributed by atoms with Gasteiger partial charge in [0, 0.05) is 19.3 Å². The summed E-state index contributed by atoms with van der Waals surface area (Å²) in [6, 6.07) is 0. The summed E-state index contributed by atoms with van der Waals surface area (Å²) >= 11 is 0. The second-order valence-corrected chi connectivity index (χ2v) is 16.9. The number of hydrogen-bond donors (Lipinski definition) is 0. The van der Waals surface area contributed by atoms with Crippen LogP contribution in [-0.2, 0) is 28.6 Å². The van der Waals surface area contributed by atoms with E-state index < -0.39 is 6.10 Å². The lowest BCUT2D eigenvalue weighted by Gasteiger charge is -2.18. The lowest BCUT2D eigenvalue weighted by atomic mass is 10.0. The topological polar surface area (TPSA) is 78.9 Å². The van der Waals surface area contributed by atoms with Gasteiger partial charge in [0.05, 0.1) is 0 Å². The van der Waals surface area contributed by atoms with Gasteiger partial charge in [-0.3, -0.25) is 14.4 Å². The summed E-state index contributed by atoms with van der Waals surface area (Å²) in [4.78, 5) is 37.7. The fourth-order valence-electron chi connectivity index (χ4n) is 7.16. The number of rotatable bonds is 43. The second-order valence-electron chi connectivity index (χ2n) is 16.9. The highest BCUT2D eigenvalue weighted by Crippen LogP contribution is 2.16. The normalized spacial score (nSPS) is 11.9. The summed E-state index contributed by atoms with van der Waals surface area (Å²) in [5.41, 5.74) is 0. The van der Waals surface area contributed by atoms with Crippen molar-refractivity contribution in [1.29, 1.82) is 0 Å². The molecule has 0 aliphatic heterocycles. The maximum atomic E-state index is 12.7. The molecule has 54 heavy (non-hydrogen) atoms. The molecular formula is C48H92O6. The molecule has 320 valence electrons. The van der Waals surface area contributed by atoms with E-state index in [2.05, 4.69) is 27.7 Å². The number of carbonyl (C=O) groups excluding carboxylic acids is 3. The van der Waals surface area contributed by atoms with Gasteiger partial charge in [-0.15, -0.1) is 0 Å². The third-order valence-electron chi connectivity index (χ3n) is 10.8. The SMILES string of the molecule is CCCCCCCCCCCCCCCCCC(=O)OC[C@H](COC(=O)CCCCCCCCCC(C)C)OC(=O)CCCCCCCCCCCCC. The first-order valence-corrected chi connectivity index (χ1v) is 23.9. The molecule has 1 atom stereocenters. The van der Waals surface area contributed by atoms with E-state index in [1.165, 1.54) is 161 Å². The van der Waals surface area contributed by atoms with Crippen molar-refractivity contribution < 1.29 is 28.6 Å². The van der Waals surface area contributed by atoms with Crippen molar-refractivity contribution in [2.45, 2.75) is 271 Å². The highest BCUT2D eigenvalue weighted by Gasteiger charge is 2.19. The average molecular weight is 765 g/mol. The van der Waals surface area contributed by atoms with Crippen molar-refractivity contribution in [3.63, 3.8) is 0 Å². The molecule has 0 rings (SSSR count). The van der Waals surface area contributed by atoms with Crippen LogP contribution in [0.2, 0.25) is 0 Å². The van der Waals surface area contributed by atoms with Crippen molar-refractivity contribution in [3.8, 4) is 0 Å². The summed E-state index contributed by atoms with van der Waals surface area (Å²) in [5, 5.41) is 0. The van der Waals surface area contributed by atoms with Crippen LogP contribution in [0.15, 0.2) is 0 Å². The van der Waals surface area contributed by atoms with Crippen LogP contribution in [0.3, 0.4) is 0 Å². The summed E-state index contributed by atoms with van der Waals surface area (Å²) < 4.78 is 16.7. The van der Waals surface area contributed by atoms with E-state index in [-0.39, 0.29) is 31.1 Å². The van der Waals surface area contributed by atoms with Gasteiger partial charge in [0.25, 0.3) is 0 Å². The maximum Gasteiger partial charge on any atom is 0.306 e. The van der Waals surface area contributed by atoms with Gasteiger partial charge < -0.3 is 14.2 Å². The molecule has 0 bridgehead atoms. The molecule has 6 heteroatoms. The molecule has 0 aromatic heterocycles. The zero-order chi connectivity index (χ0) is 39.6. The summed E-state index contributed by atoms with van der Waals surface area (Å²) in [6.45, 7) is 8.95. The van der Waals surface area contributed by atoms with Crippen LogP contribution >= 0.6 is 0 Å². The predicted molar refractivity (Wildman–Crippen MR) is 229 cm³/mol. The van der Waals surface area contributed by atoms with Gasteiger partial charge in [-0.2, -0.15) is 0 Å². The minimum absolute atomic E-state index is 0.0638. The first-order valence-electron chi connectivity index (χ1n) is 23.9. The van der Waals surface area contributed by atoms with E-state index >= 15 is 0 Å². The molecule has 0 heterocycles. The summed E-state index contributed by atoms with van der Waals surface area (Å²) in [5.74, 6) is -0.0721. The number of carbonyl (C=O) groups is 3. The van der Waals surface area contributed by atoms with Gasteiger partial charge in [-0.1, -0.05) is 227 Å². The molecule has 0 aliphatic rings. The molecule has 0 fully saturated rings. The number of hydrogen-bond acceptors (Lipinski definition) is 6. The molecule has 0 N–H and O–H groups in total. The quantitative estimate of drug-likeness (QED) is 0.0349. The molecule has 0 aliphatic carbocycles. The van der Waals surface area contributed by atoms with Gasteiger partial charge in [0.1, 0.15) is 13.2 Å². The first kappa shape index (κ1) is 52.4. The highest BCUT2D eigenvalue weighted by atomic mass is 16.6. The molecule has 0 spiro atoms. The van der Waals surface area contributed by atoms with Gasteiger partial charge in [0.15, 0.2) is 6.10 Å². The van der Waals surface area contributed by atoms with Crippen molar-refractivity contribution in [3.05, 3.63) is 0 Å². The smallest absolute Gasteiger partial charge is 0.306 e. The van der Waals surface area contributed by atoms with E-state index in [4.69, 9.17) is 14.2 Å². The molecule has 6 nitrogen and oxygen atoms in total. The summed E-state index contributed by atoms with van der Waals surface area (Å²) in [6.07, 6.45) is 42.3. The standard InChI is InChI=1S/C48H92O6/c1-5-7-9-11-13-15-17-18-19-20-22-23-27-31-35-39-46(49)52-42-45(43-53-47(50)40-36-32-29-25-26-30-34-38-44(3)4)54-48(51)41-37-33-28-24-21-16-14-12-10-8-6-2/h44-45H,5-43H2,1-4H3/t45-/m1/s1. The Kier molecular flexibility index (Phi) is 41.3. The van der Waals surface area contributed by atoms with Crippen molar-refractivity contribution in [1.82, 2.24) is 0 Å². The molecular weight excluding hydrogens is 673 g/mol. The van der Waals surface area contributed by atoms with Gasteiger partial charge >= 0.3 is 17.9 Å². The Labute approximate surface area is 336 Å². The third-order valence-corrected chi connectivity index (χ3v) is 10.8. The van der Waals surface area contributed by atoms with Crippen molar-refractivity contribution >= 4 is 17.9 Å². The van der Waals surface area contributed by atoms with Gasteiger partial charge in [-0.05, 0) is 25.2 Å². The zero-order valence-electron chi connectivity index (χ0n) is 36.7. The minimum atomic E-state index is -0.759. The van der Waals surface area contributed by atoms with E-state index in [1.807, 2.05) is 0 Å². The molecule has 0 aromatic rings.